The molecule has 3 heterocycles. The highest BCUT2D eigenvalue weighted by molar-refractivity contribution is 7.90. The van der Waals surface area contributed by atoms with Gasteiger partial charge in [-0.1, -0.05) is 26.8 Å². The molecule has 174 valence electrons. The Labute approximate surface area is 190 Å². The van der Waals surface area contributed by atoms with E-state index >= 15 is 0 Å². The van der Waals surface area contributed by atoms with E-state index in [2.05, 4.69) is 59.5 Å². The van der Waals surface area contributed by atoms with Crippen molar-refractivity contribution in [2.75, 3.05) is 16.8 Å². The van der Waals surface area contributed by atoms with Crippen LogP contribution in [0.15, 0.2) is 41.6 Å². The van der Waals surface area contributed by atoms with Crippen LogP contribution in [0.25, 0.3) is 0 Å². The van der Waals surface area contributed by atoms with Gasteiger partial charge in [0.05, 0.1) is 5.56 Å². The minimum atomic E-state index is -4.16. The Hall–Kier alpha value is -2.68. The Balaban J connectivity index is 1.85. The third-order valence-corrected chi connectivity index (χ3v) is 7.19. The standard InChI is InChI=1S/C23H33N5O3S/c1-15(2)17(4)25-19-10-7-11-20(26-19)32(30,31)27-22(29)18-9-8-12-24-21(18)28-14-16(3)13-23(28,5)6/h7-12,15-17H,13-14H2,1-6H3,(H,25,26)(H,27,29). The fourth-order valence-corrected chi connectivity index (χ4v) is 4.96. The first kappa shape index (κ1) is 24.0. The van der Waals surface area contributed by atoms with Crippen LogP contribution in [0.4, 0.5) is 11.6 Å². The van der Waals surface area contributed by atoms with Crippen LogP contribution in [0.1, 0.15) is 58.3 Å². The number of carbonyl (C=O) groups excluding carboxylic acids is 1. The molecule has 3 rings (SSSR count). The summed E-state index contributed by atoms with van der Waals surface area (Å²) < 4.78 is 28.1. The van der Waals surface area contributed by atoms with Gasteiger partial charge in [0.15, 0.2) is 5.03 Å². The Bertz CT molecular complexity index is 1080. The molecule has 2 atom stereocenters. The number of anilines is 2. The van der Waals surface area contributed by atoms with Crippen molar-refractivity contribution < 1.29 is 13.2 Å². The van der Waals surface area contributed by atoms with Crippen LogP contribution < -0.4 is 14.9 Å². The molecule has 1 aliphatic rings. The summed E-state index contributed by atoms with van der Waals surface area (Å²) in [5.74, 6) is 0.997. The fraction of sp³-hybridized carbons (Fsp3) is 0.522. The first-order valence-electron chi connectivity index (χ1n) is 10.9. The summed E-state index contributed by atoms with van der Waals surface area (Å²) in [5, 5.41) is 2.98. The average Bonchev–Trinajstić information content (AvgIpc) is 2.99. The van der Waals surface area contributed by atoms with E-state index in [1.54, 1.807) is 30.5 Å². The molecule has 2 aromatic heterocycles. The lowest BCUT2D eigenvalue weighted by Gasteiger charge is -2.33. The van der Waals surface area contributed by atoms with Crippen LogP contribution in [0.5, 0.6) is 0 Å². The van der Waals surface area contributed by atoms with Gasteiger partial charge in [0.2, 0.25) is 0 Å². The number of hydrogen-bond donors (Lipinski definition) is 2. The van der Waals surface area contributed by atoms with Gasteiger partial charge in [-0.2, -0.15) is 8.42 Å². The van der Waals surface area contributed by atoms with Gasteiger partial charge >= 0.3 is 0 Å². The minimum absolute atomic E-state index is 0.110. The molecule has 2 aromatic rings. The van der Waals surface area contributed by atoms with E-state index in [9.17, 15) is 13.2 Å². The monoisotopic (exact) mass is 459 g/mol. The van der Waals surface area contributed by atoms with E-state index < -0.39 is 15.9 Å². The zero-order chi connectivity index (χ0) is 23.7. The smallest absolute Gasteiger partial charge is 0.281 e. The molecule has 9 heteroatoms. The Morgan fingerprint density at radius 1 is 1.19 bits per heavy atom. The summed E-state index contributed by atoms with van der Waals surface area (Å²) in [6, 6.07) is 8.02. The lowest BCUT2D eigenvalue weighted by Crippen LogP contribution is -2.41. The Morgan fingerprint density at radius 3 is 2.53 bits per heavy atom. The van der Waals surface area contributed by atoms with E-state index in [-0.39, 0.29) is 22.2 Å². The van der Waals surface area contributed by atoms with Gasteiger partial charge in [0.1, 0.15) is 11.6 Å². The maximum Gasteiger partial charge on any atom is 0.281 e. The summed E-state index contributed by atoms with van der Waals surface area (Å²) in [7, 11) is -4.16. The number of sulfonamides is 1. The minimum Gasteiger partial charge on any atom is -0.367 e. The van der Waals surface area contributed by atoms with E-state index in [1.807, 2.05) is 6.92 Å². The van der Waals surface area contributed by atoms with Crippen molar-refractivity contribution in [3.63, 3.8) is 0 Å². The summed E-state index contributed by atoms with van der Waals surface area (Å²) in [6.45, 7) is 13.2. The molecule has 32 heavy (non-hydrogen) atoms. The lowest BCUT2D eigenvalue weighted by molar-refractivity contribution is 0.0981. The van der Waals surface area contributed by atoms with Gasteiger partial charge in [-0.05, 0) is 63.3 Å². The second-order valence-electron chi connectivity index (χ2n) is 9.58. The molecule has 1 amide bonds. The molecular weight excluding hydrogens is 426 g/mol. The maximum absolute atomic E-state index is 13.1. The first-order valence-corrected chi connectivity index (χ1v) is 12.4. The summed E-state index contributed by atoms with van der Waals surface area (Å²) >= 11 is 0. The summed E-state index contributed by atoms with van der Waals surface area (Å²) in [4.78, 5) is 23.8. The van der Waals surface area contributed by atoms with Gasteiger partial charge < -0.3 is 10.2 Å². The number of nitrogens with one attached hydrogen (secondary N) is 2. The molecule has 1 saturated heterocycles. The maximum atomic E-state index is 13.1. The number of rotatable bonds is 7. The van der Waals surface area contributed by atoms with Crippen molar-refractivity contribution in [3.05, 3.63) is 42.1 Å². The number of nitrogens with zero attached hydrogens (tertiary/aromatic N) is 3. The largest absolute Gasteiger partial charge is 0.367 e. The number of amides is 1. The van der Waals surface area contributed by atoms with Gasteiger partial charge in [0, 0.05) is 24.3 Å². The number of carbonyl (C=O) groups is 1. The van der Waals surface area contributed by atoms with Crippen molar-refractivity contribution >= 4 is 27.6 Å². The SMILES string of the molecule is CC1CN(c2ncccc2C(=O)NS(=O)(=O)c2cccc(NC(C)C(C)C)n2)C(C)(C)C1. The van der Waals surface area contributed by atoms with E-state index in [4.69, 9.17) is 0 Å². The van der Waals surface area contributed by atoms with Gasteiger partial charge in [-0.25, -0.2) is 14.7 Å². The third kappa shape index (κ3) is 5.20. The van der Waals surface area contributed by atoms with Gasteiger partial charge in [-0.3, -0.25) is 4.79 Å². The third-order valence-electron chi connectivity index (χ3n) is 5.96. The van der Waals surface area contributed by atoms with E-state index in [0.29, 0.717) is 23.5 Å². The van der Waals surface area contributed by atoms with Gasteiger partial charge in [-0.15, -0.1) is 0 Å². The summed E-state index contributed by atoms with van der Waals surface area (Å²) in [5.41, 5.74) is 0.0389. The predicted molar refractivity (Wildman–Crippen MR) is 126 cm³/mol. The molecule has 2 N–H and O–H groups in total. The topological polar surface area (TPSA) is 104 Å². The van der Waals surface area contributed by atoms with Crippen LogP contribution in [-0.4, -0.2) is 42.4 Å². The van der Waals surface area contributed by atoms with E-state index in [0.717, 1.165) is 13.0 Å². The quantitative estimate of drug-likeness (QED) is 0.651. The van der Waals surface area contributed by atoms with Crippen molar-refractivity contribution in [3.8, 4) is 0 Å². The van der Waals surface area contributed by atoms with Crippen LogP contribution in [0.3, 0.4) is 0 Å². The van der Waals surface area contributed by atoms with Crippen LogP contribution in [0.2, 0.25) is 0 Å². The fourth-order valence-electron chi connectivity index (χ4n) is 4.02. The molecule has 2 unspecified atom stereocenters. The van der Waals surface area contributed by atoms with Crippen LogP contribution in [0, 0.1) is 11.8 Å². The van der Waals surface area contributed by atoms with E-state index in [1.165, 1.54) is 6.07 Å². The Morgan fingerprint density at radius 2 is 1.91 bits per heavy atom. The highest BCUT2D eigenvalue weighted by Gasteiger charge is 2.39. The molecular formula is C23H33N5O3S. The number of aromatic nitrogens is 2. The molecule has 0 aliphatic carbocycles. The van der Waals surface area contributed by atoms with Crippen LogP contribution >= 0.6 is 0 Å². The zero-order valence-corrected chi connectivity index (χ0v) is 20.4. The molecule has 1 fully saturated rings. The van der Waals surface area contributed by atoms with Crippen molar-refractivity contribution in [1.29, 1.82) is 0 Å². The molecule has 0 spiro atoms. The molecule has 0 saturated carbocycles. The number of hydrogen-bond acceptors (Lipinski definition) is 7. The van der Waals surface area contributed by atoms with Crippen molar-refractivity contribution in [1.82, 2.24) is 14.7 Å². The van der Waals surface area contributed by atoms with Gasteiger partial charge in [0.25, 0.3) is 15.9 Å². The lowest BCUT2D eigenvalue weighted by atomic mass is 9.97. The average molecular weight is 460 g/mol. The predicted octanol–water partition coefficient (Wildman–Crippen LogP) is 3.68. The van der Waals surface area contributed by atoms with Crippen molar-refractivity contribution in [2.24, 2.45) is 11.8 Å². The first-order chi connectivity index (χ1) is 14.9. The normalized spacial score (nSPS) is 19.1. The highest BCUT2D eigenvalue weighted by atomic mass is 32.2. The zero-order valence-electron chi connectivity index (χ0n) is 19.6. The number of pyridine rings is 2. The second-order valence-corrected chi connectivity index (χ2v) is 11.2. The molecule has 0 bridgehead atoms. The molecule has 0 radical (unpaired) electrons. The van der Waals surface area contributed by atoms with Crippen LogP contribution in [-0.2, 0) is 10.0 Å². The Kier molecular flexibility index (Phi) is 6.78. The second kappa shape index (κ2) is 9.05. The summed E-state index contributed by atoms with van der Waals surface area (Å²) in [6.07, 6.45) is 2.58. The molecule has 1 aliphatic heterocycles. The highest BCUT2D eigenvalue weighted by Crippen LogP contribution is 2.37. The molecule has 0 aromatic carbocycles. The molecule has 8 nitrogen and oxygen atoms in total. The van der Waals surface area contributed by atoms with Crippen molar-refractivity contribution in [2.45, 2.75) is 64.6 Å².